The van der Waals surface area contributed by atoms with E-state index in [-0.39, 0.29) is 0 Å². The van der Waals surface area contributed by atoms with Gasteiger partial charge < -0.3 is 9.47 Å². The van der Waals surface area contributed by atoms with E-state index < -0.39 is 0 Å². The Morgan fingerprint density at radius 1 is 1.33 bits per heavy atom. The number of hydrogen-bond acceptors (Lipinski definition) is 2. The highest BCUT2D eigenvalue weighted by atomic mass is 127. The monoisotopic (exact) mass is 417 g/mol. The fourth-order valence-corrected chi connectivity index (χ4v) is 3.85. The van der Waals surface area contributed by atoms with Crippen LogP contribution in [0.5, 0.6) is 0 Å². The van der Waals surface area contributed by atoms with Gasteiger partial charge in [-0.2, -0.15) is 0 Å². The molecule has 114 valence electrons. The molecular weight excluding hydrogens is 397 g/mol. The second kappa shape index (κ2) is 6.84. The summed E-state index contributed by atoms with van der Waals surface area (Å²) in [7, 11) is 2.22. The first-order chi connectivity index (χ1) is 10.2. The summed E-state index contributed by atoms with van der Waals surface area (Å²) in [6.07, 6.45) is 3.86. The Hall–Kier alpha value is -0.330. The molecule has 0 radical (unpaired) electrons. The number of rotatable bonds is 4. The van der Waals surface area contributed by atoms with E-state index in [2.05, 4.69) is 62.3 Å². The molecule has 0 saturated carbocycles. The Labute approximate surface area is 144 Å². The second-order valence-electron chi connectivity index (χ2n) is 5.98. The quantitative estimate of drug-likeness (QED) is 0.551. The van der Waals surface area contributed by atoms with E-state index in [1.165, 1.54) is 41.4 Å². The van der Waals surface area contributed by atoms with Crippen molar-refractivity contribution in [3.05, 3.63) is 27.6 Å². The van der Waals surface area contributed by atoms with Crippen molar-refractivity contribution in [2.45, 2.75) is 31.7 Å². The van der Waals surface area contributed by atoms with E-state index >= 15 is 0 Å². The molecule has 0 atom stereocenters. The van der Waals surface area contributed by atoms with Gasteiger partial charge in [0.1, 0.15) is 5.82 Å². The minimum absolute atomic E-state index is 0.485. The van der Waals surface area contributed by atoms with Crippen molar-refractivity contribution in [1.82, 2.24) is 14.5 Å². The molecule has 2 aromatic rings. The molecule has 3 rings (SSSR count). The zero-order valence-corrected chi connectivity index (χ0v) is 15.3. The molecule has 3 nitrogen and oxygen atoms in total. The molecule has 0 spiro atoms. The van der Waals surface area contributed by atoms with Crippen LogP contribution in [0, 0.1) is 9.49 Å². The molecule has 0 bridgehead atoms. The highest BCUT2D eigenvalue weighted by Gasteiger charge is 2.18. The highest BCUT2D eigenvalue weighted by Crippen LogP contribution is 2.24. The maximum absolute atomic E-state index is 6.09. The first kappa shape index (κ1) is 15.6. The number of hydrogen-bond donors (Lipinski definition) is 0. The van der Waals surface area contributed by atoms with Crippen molar-refractivity contribution in [2.75, 3.05) is 20.1 Å². The summed E-state index contributed by atoms with van der Waals surface area (Å²) in [5, 5.41) is 0. The van der Waals surface area contributed by atoms with E-state index in [9.17, 15) is 0 Å². The van der Waals surface area contributed by atoms with Crippen molar-refractivity contribution in [2.24, 2.45) is 5.92 Å². The summed E-state index contributed by atoms with van der Waals surface area (Å²) in [6, 6.07) is 6.46. The van der Waals surface area contributed by atoms with E-state index in [0.29, 0.717) is 5.88 Å². The number of likely N-dealkylation sites (tertiary alicyclic amines) is 1. The summed E-state index contributed by atoms with van der Waals surface area (Å²) in [5.74, 6) is 2.32. The smallest absolute Gasteiger partial charge is 0.124 e. The number of imidazole rings is 1. The van der Waals surface area contributed by atoms with Crippen LogP contribution < -0.4 is 0 Å². The molecule has 0 unspecified atom stereocenters. The molecule has 0 amide bonds. The van der Waals surface area contributed by atoms with Crippen molar-refractivity contribution in [3.8, 4) is 0 Å². The molecule has 1 saturated heterocycles. The lowest BCUT2D eigenvalue weighted by Gasteiger charge is -2.29. The SMILES string of the molecule is CN1CCC(CCn2c(CCl)nc3cc(I)ccc32)CC1. The van der Waals surface area contributed by atoms with Gasteiger partial charge in [-0.1, -0.05) is 0 Å². The Morgan fingerprint density at radius 2 is 2.10 bits per heavy atom. The van der Waals surface area contributed by atoms with Gasteiger partial charge in [-0.25, -0.2) is 4.98 Å². The molecule has 0 N–H and O–H groups in total. The van der Waals surface area contributed by atoms with Gasteiger partial charge in [-0.3, -0.25) is 0 Å². The summed E-state index contributed by atoms with van der Waals surface area (Å²) in [4.78, 5) is 7.11. The van der Waals surface area contributed by atoms with Crippen LogP contribution in [0.15, 0.2) is 18.2 Å². The zero-order chi connectivity index (χ0) is 14.8. The van der Waals surface area contributed by atoms with Crippen LogP contribution in [0.4, 0.5) is 0 Å². The van der Waals surface area contributed by atoms with Gasteiger partial charge in [0, 0.05) is 10.1 Å². The van der Waals surface area contributed by atoms with Gasteiger partial charge in [0.15, 0.2) is 0 Å². The second-order valence-corrected chi connectivity index (χ2v) is 7.49. The molecule has 1 aliphatic heterocycles. The standard InChI is InChI=1S/C16H21ClIN3/c1-20-7-4-12(5-8-20)6-9-21-15-3-2-13(18)10-14(15)19-16(21)11-17/h2-3,10,12H,4-9,11H2,1H3. The Morgan fingerprint density at radius 3 is 2.81 bits per heavy atom. The molecule has 1 aliphatic rings. The third-order valence-corrected chi connectivity index (χ3v) is 5.42. The van der Waals surface area contributed by atoms with Crippen LogP contribution in [-0.4, -0.2) is 34.6 Å². The van der Waals surface area contributed by atoms with E-state index in [1.807, 2.05) is 0 Å². The van der Waals surface area contributed by atoms with Gasteiger partial charge in [-0.05, 0) is 86.1 Å². The van der Waals surface area contributed by atoms with E-state index in [1.54, 1.807) is 0 Å². The number of benzene rings is 1. The van der Waals surface area contributed by atoms with Crippen LogP contribution in [-0.2, 0) is 12.4 Å². The average molecular weight is 418 g/mol. The van der Waals surface area contributed by atoms with Crippen LogP contribution in [0.25, 0.3) is 11.0 Å². The Bertz CT molecular complexity index is 617. The molecule has 1 fully saturated rings. The van der Waals surface area contributed by atoms with Gasteiger partial charge in [0.05, 0.1) is 16.9 Å². The lowest BCUT2D eigenvalue weighted by molar-refractivity contribution is 0.208. The van der Waals surface area contributed by atoms with Crippen molar-refractivity contribution < 1.29 is 0 Å². The van der Waals surface area contributed by atoms with Crippen LogP contribution in [0.1, 0.15) is 25.1 Å². The third-order valence-electron chi connectivity index (χ3n) is 4.51. The normalized spacial score (nSPS) is 17.7. The predicted octanol–water partition coefficient (Wildman–Crippen LogP) is 4.11. The number of piperidine rings is 1. The third kappa shape index (κ3) is 3.54. The Kier molecular flexibility index (Phi) is 5.07. The molecule has 21 heavy (non-hydrogen) atoms. The number of halogens is 2. The number of nitrogens with zero attached hydrogens (tertiary/aromatic N) is 3. The van der Waals surface area contributed by atoms with Gasteiger partial charge in [-0.15, -0.1) is 11.6 Å². The lowest BCUT2D eigenvalue weighted by atomic mass is 9.94. The van der Waals surface area contributed by atoms with Crippen molar-refractivity contribution in [1.29, 1.82) is 0 Å². The largest absolute Gasteiger partial charge is 0.327 e. The number of aromatic nitrogens is 2. The maximum Gasteiger partial charge on any atom is 0.124 e. The molecule has 5 heteroatoms. The first-order valence-electron chi connectivity index (χ1n) is 7.56. The van der Waals surface area contributed by atoms with Gasteiger partial charge in [0.25, 0.3) is 0 Å². The van der Waals surface area contributed by atoms with Gasteiger partial charge >= 0.3 is 0 Å². The highest BCUT2D eigenvalue weighted by molar-refractivity contribution is 14.1. The number of aryl methyl sites for hydroxylation is 1. The summed E-state index contributed by atoms with van der Waals surface area (Å²) in [6.45, 7) is 3.50. The summed E-state index contributed by atoms with van der Waals surface area (Å²) in [5.41, 5.74) is 2.29. The van der Waals surface area contributed by atoms with Crippen LogP contribution >= 0.6 is 34.2 Å². The fraction of sp³-hybridized carbons (Fsp3) is 0.562. The fourth-order valence-electron chi connectivity index (χ4n) is 3.17. The predicted molar refractivity (Wildman–Crippen MR) is 96.8 cm³/mol. The van der Waals surface area contributed by atoms with E-state index in [0.717, 1.165) is 23.8 Å². The Balaban J connectivity index is 1.76. The number of alkyl halides is 1. The van der Waals surface area contributed by atoms with E-state index in [4.69, 9.17) is 11.6 Å². The first-order valence-corrected chi connectivity index (χ1v) is 9.18. The summed E-state index contributed by atoms with van der Waals surface area (Å²) < 4.78 is 3.54. The number of fused-ring (bicyclic) bond motifs is 1. The topological polar surface area (TPSA) is 21.1 Å². The summed E-state index contributed by atoms with van der Waals surface area (Å²) >= 11 is 8.42. The minimum Gasteiger partial charge on any atom is -0.327 e. The zero-order valence-electron chi connectivity index (χ0n) is 12.4. The molecule has 0 aliphatic carbocycles. The van der Waals surface area contributed by atoms with Crippen molar-refractivity contribution in [3.63, 3.8) is 0 Å². The van der Waals surface area contributed by atoms with Crippen molar-refractivity contribution >= 4 is 45.2 Å². The maximum atomic E-state index is 6.09. The van der Waals surface area contributed by atoms with Gasteiger partial charge in [0.2, 0.25) is 0 Å². The van der Waals surface area contributed by atoms with Crippen LogP contribution in [0.3, 0.4) is 0 Å². The molecule has 2 heterocycles. The average Bonchev–Trinajstić information content (AvgIpc) is 2.83. The molecule has 1 aromatic heterocycles. The van der Waals surface area contributed by atoms with Crippen LogP contribution in [0.2, 0.25) is 0 Å². The molecule has 1 aromatic carbocycles. The molecular formula is C16H21ClIN3. The lowest BCUT2D eigenvalue weighted by Crippen LogP contribution is -2.30. The minimum atomic E-state index is 0.485.